The van der Waals surface area contributed by atoms with E-state index in [1.807, 2.05) is 42.5 Å². The van der Waals surface area contributed by atoms with Crippen LogP contribution in [0.15, 0.2) is 96.6 Å². The molecule has 0 spiro atoms. The molecular formula is C37H31NO7. The van der Waals surface area contributed by atoms with Gasteiger partial charge < -0.3 is 9.84 Å². The summed E-state index contributed by atoms with van der Waals surface area (Å²) in [7, 11) is 1.11. The number of Topliss-reactive ketones (excluding diaryl/α,β-unsaturated/α-hetero) is 1. The number of allylic oxidation sites excluding steroid dienone is 4. The molecule has 3 aromatic rings. The number of benzene rings is 3. The third kappa shape index (κ3) is 3.94. The van der Waals surface area contributed by atoms with Gasteiger partial charge in [0.15, 0.2) is 11.6 Å². The molecule has 45 heavy (non-hydrogen) atoms. The number of methoxy groups -OCH3 is 1. The molecule has 3 amide bonds. The van der Waals surface area contributed by atoms with Gasteiger partial charge in [0.05, 0.1) is 24.4 Å². The van der Waals surface area contributed by atoms with E-state index in [1.165, 1.54) is 6.08 Å². The van der Waals surface area contributed by atoms with Gasteiger partial charge in [-0.2, -0.15) is 4.90 Å². The first-order valence-corrected chi connectivity index (χ1v) is 15.1. The Morgan fingerprint density at radius 3 is 2.27 bits per heavy atom. The maximum atomic E-state index is 14.9. The van der Waals surface area contributed by atoms with Gasteiger partial charge in [0.2, 0.25) is 11.8 Å². The predicted molar refractivity (Wildman–Crippen MR) is 164 cm³/mol. The second kappa shape index (κ2) is 10.5. The molecule has 4 aliphatic rings. The summed E-state index contributed by atoms with van der Waals surface area (Å²) < 4.78 is 4.78. The van der Waals surface area contributed by atoms with Crippen molar-refractivity contribution in [2.75, 3.05) is 7.11 Å². The maximum Gasteiger partial charge on any atom is 0.423 e. The molecule has 2 fully saturated rings. The van der Waals surface area contributed by atoms with Crippen molar-refractivity contribution in [2.24, 2.45) is 23.7 Å². The molecule has 1 heterocycles. The van der Waals surface area contributed by atoms with Gasteiger partial charge in [0.25, 0.3) is 0 Å². The molecule has 6 atom stereocenters. The van der Waals surface area contributed by atoms with Crippen LogP contribution in [0.5, 0.6) is 5.75 Å². The summed E-state index contributed by atoms with van der Waals surface area (Å²) in [5.41, 5.74) is 1.87. The topological polar surface area (TPSA) is 118 Å². The molecular weight excluding hydrogens is 570 g/mol. The number of phenols is 1. The Bertz CT molecular complexity index is 1840. The number of imide groups is 3. The SMILES string of the molecule is COC(=O)N1C(=O)C2CC=C3C(CC4C(=O)C(c5ccccc5)=CC(=O)C4(c4ccccc4)C3c3cccc(C)c3O)C2C1=O. The standard InChI is InChI=1S/C37H31NO7/c1-20-10-9-15-25(32(20)40)31-23-16-17-24-30(35(43)38(34(24)42)36(44)45-2)27(23)18-28-33(41)26(21-11-5-3-6-12-21)19-29(39)37(28,31)22-13-7-4-8-14-22/h3-16,19,24,27-28,30-31,40H,17-18H2,1-2H3. The highest BCUT2D eigenvalue weighted by Gasteiger charge is 2.66. The molecule has 226 valence electrons. The van der Waals surface area contributed by atoms with Gasteiger partial charge in [-0.05, 0) is 48.4 Å². The number of ketones is 2. The van der Waals surface area contributed by atoms with Crippen LogP contribution in [0.4, 0.5) is 4.79 Å². The molecule has 8 nitrogen and oxygen atoms in total. The molecule has 3 aromatic carbocycles. The number of ether oxygens (including phenoxy) is 1. The summed E-state index contributed by atoms with van der Waals surface area (Å²) in [5, 5.41) is 11.6. The molecule has 3 aliphatic carbocycles. The van der Waals surface area contributed by atoms with Crippen LogP contribution in [-0.4, -0.2) is 46.6 Å². The third-order valence-corrected chi connectivity index (χ3v) is 10.3. The van der Waals surface area contributed by atoms with Crippen LogP contribution in [0.3, 0.4) is 0 Å². The van der Waals surface area contributed by atoms with E-state index in [-0.39, 0.29) is 35.7 Å². The number of amides is 3. The lowest BCUT2D eigenvalue weighted by molar-refractivity contribution is -0.138. The van der Waals surface area contributed by atoms with Crippen molar-refractivity contribution in [2.45, 2.75) is 31.1 Å². The number of hydrogen-bond donors (Lipinski definition) is 1. The number of hydrogen-bond acceptors (Lipinski definition) is 7. The Morgan fingerprint density at radius 1 is 0.889 bits per heavy atom. The summed E-state index contributed by atoms with van der Waals surface area (Å²) in [4.78, 5) is 70.2. The van der Waals surface area contributed by atoms with Gasteiger partial charge in [0, 0.05) is 23.0 Å². The van der Waals surface area contributed by atoms with Crippen molar-refractivity contribution < 1.29 is 33.8 Å². The van der Waals surface area contributed by atoms with Crippen molar-refractivity contribution in [1.29, 1.82) is 0 Å². The Morgan fingerprint density at radius 2 is 1.58 bits per heavy atom. The second-order valence-electron chi connectivity index (χ2n) is 12.3. The van der Waals surface area contributed by atoms with Crippen LogP contribution in [0.2, 0.25) is 0 Å². The van der Waals surface area contributed by atoms with Crippen LogP contribution >= 0.6 is 0 Å². The number of fused-ring (bicyclic) bond motifs is 4. The van der Waals surface area contributed by atoms with Crippen molar-refractivity contribution in [3.8, 4) is 5.75 Å². The van der Waals surface area contributed by atoms with Gasteiger partial charge in [0.1, 0.15) is 5.75 Å². The lowest BCUT2D eigenvalue weighted by Crippen LogP contribution is -2.58. The van der Waals surface area contributed by atoms with Crippen molar-refractivity contribution in [3.63, 3.8) is 0 Å². The number of carbonyl (C=O) groups excluding carboxylic acids is 5. The maximum absolute atomic E-state index is 14.9. The zero-order chi connectivity index (χ0) is 31.6. The van der Waals surface area contributed by atoms with Crippen LogP contribution in [0.25, 0.3) is 5.57 Å². The van der Waals surface area contributed by atoms with Gasteiger partial charge in [-0.25, -0.2) is 4.79 Å². The molecule has 8 heteroatoms. The highest BCUT2D eigenvalue weighted by Crippen LogP contribution is 2.64. The number of carbonyl (C=O) groups is 5. The van der Waals surface area contributed by atoms with E-state index < -0.39 is 52.9 Å². The first-order chi connectivity index (χ1) is 21.7. The summed E-state index contributed by atoms with van der Waals surface area (Å²) >= 11 is 0. The molecule has 7 rings (SSSR count). The van der Waals surface area contributed by atoms with Crippen LogP contribution < -0.4 is 0 Å². The van der Waals surface area contributed by atoms with Crippen molar-refractivity contribution >= 4 is 35.0 Å². The van der Waals surface area contributed by atoms with E-state index in [1.54, 1.807) is 49.4 Å². The van der Waals surface area contributed by atoms with Crippen LogP contribution in [-0.2, 0) is 29.3 Å². The number of para-hydroxylation sites is 1. The molecule has 1 aliphatic heterocycles. The minimum Gasteiger partial charge on any atom is -0.507 e. The Balaban J connectivity index is 1.51. The second-order valence-corrected chi connectivity index (χ2v) is 12.3. The number of nitrogens with zero attached hydrogens (tertiary/aromatic N) is 1. The largest absolute Gasteiger partial charge is 0.507 e. The minimum absolute atomic E-state index is 0.00308. The summed E-state index contributed by atoms with van der Waals surface area (Å²) in [6.45, 7) is 1.77. The minimum atomic E-state index is -1.44. The van der Waals surface area contributed by atoms with Gasteiger partial charge in [-0.3, -0.25) is 19.2 Å². The predicted octanol–water partition coefficient (Wildman–Crippen LogP) is 5.29. The monoisotopic (exact) mass is 601 g/mol. The normalized spacial score (nSPS) is 28.9. The van der Waals surface area contributed by atoms with Gasteiger partial charge in [-0.1, -0.05) is 90.5 Å². The zero-order valence-corrected chi connectivity index (χ0v) is 24.8. The lowest BCUT2D eigenvalue weighted by Gasteiger charge is -2.55. The lowest BCUT2D eigenvalue weighted by atomic mass is 9.44. The number of likely N-dealkylation sites (tertiary alicyclic amines) is 1. The quantitative estimate of drug-likeness (QED) is 0.320. The number of phenolic OH excluding ortho intramolecular Hbond substituents is 1. The smallest absolute Gasteiger partial charge is 0.423 e. The van der Waals surface area contributed by atoms with E-state index >= 15 is 0 Å². The highest BCUT2D eigenvalue weighted by molar-refractivity contribution is 6.31. The van der Waals surface area contributed by atoms with E-state index in [4.69, 9.17) is 4.74 Å². The van der Waals surface area contributed by atoms with Gasteiger partial charge in [-0.15, -0.1) is 0 Å². The molecule has 1 saturated carbocycles. The average molecular weight is 602 g/mol. The zero-order valence-electron chi connectivity index (χ0n) is 24.8. The van der Waals surface area contributed by atoms with E-state index in [0.29, 0.717) is 32.7 Å². The van der Waals surface area contributed by atoms with Crippen molar-refractivity contribution in [3.05, 3.63) is 119 Å². The Labute approximate surface area is 260 Å². The number of rotatable bonds is 3. The fraction of sp³-hybridized carbons (Fsp3) is 0.270. The number of aryl methyl sites for hydroxylation is 1. The van der Waals surface area contributed by atoms with E-state index in [2.05, 4.69) is 0 Å². The Kier molecular flexibility index (Phi) is 6.69. The fourth-order valence-electron chi connectivity index (χ4n) is 8.40. The summed E-state index contributed by atoms with van der Waals surface area (Å²) in [6.07, 6.45) is 2.56. The summed E-state index contributed by atoms with van der Waals surface area (Å²) in [5.74, 6) is -5.94. The molecule has 0 radical (unpaired) electrons. The molecule has 0 aromatic heterocycles. The summed E-state index contributed by atoms with van der Waals surface area (Å²) in [6, 6.07) is 23.5. The first-order valence-electron chi connectivity index (χ1n) is 15.1. The average Bonchev–Trinajstić information content (AvgIpc) is 3.32. The molecule has 6 unspecified atom stereocenters. The fourth-order valence-corrected chi connectivity index (χ4v) is 8.40. The van der Waals surface area contributed by atoms with Gasteiger partial charge >= 0.3 is 6.09 Å². The van der Waals surface area contributed by atoms with Crippen LogP contribution in [0, 0.1) is 30.6 Å². The molecule has 1 N–H and O–H groups in total. The molecule has 0 bridgehead atoms. The van der Waals surface area contributed by atoms with E-state index in [0.717, 1.165) is 7.11 Å². The Hall–Kier alpha value is -5.11. The third-order valence-electron chi connectivity index (χ3n) is 10.3. The number of aromatic hydroxyl groups is 1. The van der Waals surface area contributed by atoms with Crippen molar-refractivity contribution in [1.82, 2.24) is 4.90 Å². The first kappa shape index (κ1) is 28.6. The van der Waals surface area contributed by atoms with E-state index in [9.17, 15) is 29.1 Å². The molecule has 1 saturated heterocycles. The highest BCUT2D eigenvalue weighted by atomic mass is 16.5. The van der Waals surface area contributed by atoms with Crippen LogP contribution in [0.1, 0.15) is 41.0 Å².